The summed E-state index contributed by atoms with van der Waals surface area (Å²) < 4.78 is 55.1. The van der Waals surface area contributed by atoms with Crippen molar-refractivity contribution in [2.24, 2.45) is 0 Å². The number of carbonyl (C=O) groups is 2. The lowest BCUT2D eigenvalue weighted by molar-refractivity contribution is -0.140. The van der Waals surface area contributed by atoms with Crippen molar-refractivity contribution in [3.63, 3.8) is 0 Å². The molecule has 242 valence electrons. The molecule has 0 aliphatic rings. The number of nitrogens with zero attached hydrogens (tertiary/aromatic N) is 2. The van der Waals surface area contributed by atoms with E-state index in [-0.39, 0.29) is 34.9 Å². The molecule has 0 unspecified atom stereocenters. The smallest absolute Gasteiger partial charge is 0.264 e. The molecule has 1 N–H and O–H groups in total. The lowest BCUT2D eigenvalue weighted by atomic mass is 10.0. The van der Waals surface area contributed by atoms with Gasteiger partial charge in [0.15, 0.2) is 11.5 Å². The molecule has 46 heavy (non-hydrogen) atoms. The van der Waals surface area contributed by atoms with Crippen LogP contribution in [0.25, 0.3) is 0 Å². The predicted molar refractivity (Wildman–Crippen MR) is 175 cm³/mol. The minimum absolute atomic E-state index is 0.129. The Labute approximate surface area is 269 Å². The van der Waals surface area contributed by atoms with E-state index in [4.69, 9.17) is 9.47 Å². The summed E-state index contributed by atoms with van der Waals surface area (Å²) in [6, 6.07) is 26.4. The third-order valence-corrected chi connectivity index (χ3v) is 9.15. The Morgan fingerprint density at radius 1 is 0.848 bits per heavy atom. The number of methoxy groups -OCH3 is 2. The van der Waals surface area contributed by atoms with Crippen LogP contribution in [0.3, 0.4) is 0 Å². The molecule has 0 bridgehead atoms. The molecule has 0 saturated carbocycles. The fourth-order valence-corrected chi connectivity index (χ4v) is 6.39. The molecule has 0 spiro atoms. The molecule has 4 rings (SSSR count). The lowest BCUT2D eigenvalue weighted by Crippen LogP contribution is -2.53. The number of carbonyl (C=O) groups excluding carboxylic acids is 2. The number of ether oxygens (including phenoxy) is 2. The maximum absolute atomic E-state index is 15.0. The number of anilines is 1. The number of hydrogen-bond acceptors (Lipinski definition) is 6. The molecule has 0 aliphatic heterocycles. The molecule has 0 aliphatic carbocycles. The van der Waals surface area contributed by atoms with Crippen molar-refractivity contribution in [2.45, 2.75) is 37.2 Å². The summed E-state index contributed by atoms with van der Waals surface area (Å²) in [5.74, 6) is -1.14. The Balaban J connectivity index is 1.81. The van der Waals surface area contributed by atoms with E-state index in [1.165, 1.54) is 55.5 Å². The molecule has 1 atom stereocenters. The van der Waals surface area contributed by atoms with E-state index in [2.05, 4.69) is 5.32 Å². The third kappa shape index (κ3) is 8.22. The van der Waals surface area contributed by atoms with Gasteiger partial charge in [0.05, 0.1) is 24.8 Å². The van der Waals surface area contributed by atoms with Gasteiger partial charge in [0.2, 0.25) is 11.8 Å². The average Bonchev–Trinajstić information content (AvgIpc) is 3.08. The van der Waals surface area contributed by atoms with Gasteiger partial charge < -0.3 is 19.7 Å². The van der Waals surface area contributed by atoms with Gasteiger partial charge in [-0.25, -0.2) is 12.8 Å². The van der Waals surface area contributed by atoms with Gasteiger partial charge in [-0.05, 0) is 42.3 Å². The Morgan fingerprint density at radius 2 is 1.48 bits per heavy atom. The van der Waals surface area contributed by atoms with Crippen LogP contribution >= 0.6 is 0 Å². The molecule has 4 aromatic carbocycles. The Bertz CT molecular complexity index is 1720. The van der Waals surface area contributed by atoms with Crippen molar-refractivity contribution in [3.05, 3.63) is 120 Å². The number of halogens is 1. The standard InChI is InChI=1S/C35H38FN3O6S/c1-4-21-37-35(41)31(22-26-13-7-5-8-14-26)38(24-27-15-11-12-18-30(27)36)34(40)25-39(28-16-9-6-10-17-28)46(42,43)29-19-20-32(44-2)33(23-29)45-3/h5-20,23,31H,4,21-22,24-25H2,1-3H3,(H,37,41)/t31-/m1/s1. The summed E-state index contributed by atoms with van der Waals surface area (Å²) >= 11 is 0. The van der Waals surface area contributed by atoms with E-state index in [0.717, 1.165) is 9.87 Å². The van der Waals surface area contributed by atoms with Crippen molar-refractivity contribution in [1.29, 1.82) is 0 Å². The molecular formula is C35H38FN3O6S. The van der Waals surface area contributed by atoms with Gasteiger partial charge in [-0.15, -0.1) is 0 Å². The van der Waals surface area contributed by atoms with Crippen LogP contribution in [0.5, 0.6) is 11.5 Å². The molecular weight excluding hydrogens is 609 g/mol. The van der Waals surface area contributed by atoms with Gasteiger partial charge in [-0.1, -0.05) is 73.7 Å². The first-order chi connectivity index (χ1) is 22.2. The summed E-state index contributed by atoms with van der Waals surface area (Å²) in [5, 5.41) is 2.87. The highest BCUT2D eigenvalue weighted by Crippen LogP contribution is 2.32. The number of nitrogens with one attached hydrogen (secondary N) is 1. The maximum Gasteiger partial charge on any atom is 0.264 e. The van der Waals surface area contributed by atoms with E-state index >= 15 is 4.39 Å². The SMILES string of the molecule is CCCNC(=O)[C@@H](Cc1ccccc1)N(Cc1ccccc1F)C(=O)CN(c1ccccc1)S(=O)(=O)c1ccc(OC)c(OC)c1. The minimum Gasteiger partial charge on any atom is -0.493 e. The van der Waals surface area contributed by atoms with Crippen LogP contribution in [-0.2, 0) is 32.6 Å². The second-order valence-electron chi connectivity index (χ2n) is 10.5. The molecule has 9 nitrogen and oxygen atoms in total. The van der Waals surface area contributed by atoms with E-state index in [0.29, 0.717) is 18.7 Å². The second-order valence-corrected chi connectivity index (χ2v) is 12.3. The van der Waals surface area contributed by atoms with Gasteiger partial charge in [-0.3, -0.25) is 13.9 Å². The number of benzene rings is 4. The largest absolute Gasteiger partial charge is 0.493 e. The van der Waals surface area contributed by atoms with Crippen molar-refractivity contribution in [3.8, 4) is 11.5 Å². The van der Waals surface area contributed by atoms with Crippen molar-refractivity contribution < 1.29 is 31.9 Å². The van der Waals surface area contributed by atoms with E-state index in [1.54, 1.807) is 36.4 Å². The highest BCUT2D eigenvalue weighted by atomic mass is 32.2. The summed E-state index contributed by atoms with van der Waals surface area (Å²) in [7, 11) is -1.53. The van der Waals surface area contributed by atoms with Gasteiger partial charge in [0, 0.05) is 31.1 Å². The monoisotopic (exact) mass is 647 g/mol. The van der Waals surface area contributed by atoms with E-state index in [9.17, 15) is 18.0 Å². The minimum atomic E-state index is -4.36. The number of rotatable bonds is 15. The van der Waals surface area contributed by atoms with Gasteiger partial charge in [-0.2, -0.15) is 0 Å². The van der Waals surface area contributed by atoms with Gasteiger partial charge in [0.25, 0.3) is 10.0 Å². The summed E-state index contributed by atoms with van der Waals surface area (Å²) in [4.78, 5) is 29.2. The number of hydrogen-bond donors (Lipinski definition) is 1. The van der Waals surface area contributed by atoms with Crippen LogP contribution in [0, 0.1) is 5.82 Å². The van der Waals surface area contributed by atoms with Gasteiger partial charge in [0.1, 0.15) is 18.4 Å². The third-order valence-electron chi connectivity index (χ3n) is 7.38. The summed E-state index contributed by atoms with van der Waals surface area (Å²) in [5.41, 5.74) is 1.20. The Kier molecular flexibility index (Phi) is 11.7. The van der Waals surface area contributed by atoms with Crippen LogP contribution in [0.1, 0.15) is 24.5 Å². The van der Waals surface area contributed by atoms with Gasteiger partial charge >= 0.3 is 0 Å². The molecule has 11 heteroatoms. The maximum atomic E-state index is 15.0. The van der Waals surface area contributed by atoms with Crippen LogP contribution in [0.2, 0.25) is 0 Å². The molecule has 0 heterocycles. The van der Waals surface area contributed by atoms with Crippen LogP contribution in [0.15, 0.2) is 108 Å². The molecule has 0 saturated heterocycles. The Hall–Kier alpha value is -4.90. The first kappa shape index (κ1) is 34.0. The zero-order valence-electron chi connectivity index (χ0n) is 26.1. The molecule has 0 radical (unpaired) electrons. The molecule has 2 amide bonds. The van der Waals surface area contributed by atoms with Crippen molar-refractivity contribution >= 4 is 27.5 Å². The number of para-hydroxylation sites is 1. The fraction of sp³-hybridized carbons (Fsp3) is 0.257. The average molecular weight is 648 g/mol. The quantitative estimate of drug-likeness (QED) is 0.190. The fourth-order valence-electron chi connectivity index (χ4n) is 4.96. The molecule has 4 aromatic rings. The van der Waals surface area contributed by atoms with E-state index in [1.807, 2.05) is 37.3 Å². The normalized spacial score (nSPS) is 11.7. The topological polar surface area (TPSA) is 105 Å². The number of sulfonamides is 1. The highest BCUT2D eigenvalue weighted by molar-refractivity contribution is 7.92. The van der Waals surface area contributed by atoms with Crippen molar-refractivity contribution in [1.82, 2.24) is 10.2 Å². The zero-order chi connectivity index (χ0) is 33.1. The predicted octanol–water partition coefficient (Wildman–Crippen LogP) is 5.20. The summed E-state index contributed by atoms with van der Waals surface area (Å²) in [6.07, 6.45) is 0.792. The van der Waals surface area contributed by atoms with Crippen LogP contribution in [-0.4, -0.2) is 58.5 Å². The first-order valence-electron chi connectivity index (χ1n) is 14.8. The first-order valence-corrected chi connectivity index (χ1v) is 16.3. The van der Waals surface area contributed by atoms with Crippen LogP contribution in [0.4, 0.5) is 10.1 Å². The second kappa shape index (κ2) is 15.9. The highest BCUT2D eigenvalue weighted by Gasteiger charge is 2.35. The molecule has 0 fully saturated rings. The summed E-state index contributed by atoms with van der Waals surface area (Å²) in [6.45, 7) is 1.35. The van der Waals surface area contributed by atoms with Crippen LogP contribution < -0.4 is 19.1 Å². The number of amides is 2. The van der Waals surface area contributed by atoms with E-state index < -0.39 is 40.2 Å². The zero-order valence-corrected chi connectivity index (χ0v) is 26.9. The van der Waals surface area contributed by atoms with Crippen molar-refractivity contribution in [2.75, 3.05) is 31.6 Å². The lowest BCUT2D eigenvalue weighted by Gasteiger charge is -2.34. The molecule has 0 aromatic heterocycles. The Morgan fingerprint density at radius 3 is 2.11 bits per heavy atom.